The van der Waals surface area contributed by atoms with Crippen LogP contribution in [0.3, 0.4) is 0 Å². The fourth-order valence-corrected chi connectivity index (χ4v) is 4.36. The molecule has 3 aromatic rings. The van der Waals surface area contributed by atoms with Gasteiger partial charge in [-0.25, -0.2) is 0 Å². The fraction of sp³-hybridized carbons (Fsp3) is 0.292. The highest BCUT2D eigenvalue weighted by atomic mass is 15.4. The zero-order valence-electron chi connectivity index (χ0n) is 17.7. The number of hydrogen-bond donors (Lipinski definition) is 1. The van der Waals surface area contributed by atoms with Gasteiger partial charge < -0.3 is 9.80 Å². The van der Waals surface area contributed by atoms with E-state index in [4.69, 9.17) is 9.97 Å². The van der Waals surface area contributed by atoms with Crippen molar-refractivity contribution in [3.63, 3.8) is 0 Å². The molecule has 1 aromatic carbocycles. The molecule has 7 nitrogen and oxygen atoms in total. The fourth-order valence-electron chi connectivity index (χ4n) is 4.36. The molecule has 1 saturated heterocycles. The summed E-state index contributed by atoms with van der Waals surface area (Å²) in [6, 6.07) is 10.4. The van der Waals surface area contributed by atoms with Crippen LogP contribution in [0.5, 0.6) is 0 Å². The van der Waals surface area contributed by atoms with E-state index in [9.17, 15) is 0 Å². The minimum atomic E-state index is 0.751. The summed E-state index contributed by atoms with van der Waals surface area (Å²) in [5.74, 6) is 1.71. The summed E-state index contributed by atoms with van der Waals surface area (Å²) in [5.41, 5.74) is 4.21. The van der Waals surface area contributed by atoms with Gasteiger partial charge >= 0.3 is 0 Å². The van der Waals surface area contributed by atoms with E-state index in [1.54, 1.807) is 0 Å². The number of hydrogen-bond acceptors (Lipinski definition) is 6. The highest BCUT2D eigenvalue weighted by molar-refractivity contribution is 5.94. The number of H-pyrrole nitrogens is 1. The Bertz CT molecular complexity index is 1120. The Morgan fingerprint density at radius 1 is 1.03 bits per heavy atom. The number of piperazine rings is 1. The van der Waals surface area contributed by atoms with Crippen molar-refractivity contribution in [2.75, 3.05) is 49.1 Å². The predicted octanol–water partition coefficient (Wildman–Crippen LogP) is 3.47. The predicted molar refractivity (Wildman–Crippen MR) is 126 cm³/mol. The van der Waals surface area contributed by atoms with Crippen LogP contribution in [-0.2, 0) is 6.42 Å². The van der Waals surface area contributed by atoms with E-state index in [0.29, 0.717) is 0 Å². The molecule has 0 saturated carbocycles. The van der Waals surface area contributed by atoms with Crippen molar-refractivity contribution >= 4 is 28.5 Å². The molecule has 2 aliphatic heterocycles. The molecule has 1 fully saturated rings. The molecule has 0 radical (unpaired) electrons. The first-order valence-electron chi connectivity index (χ1n) is 10.8. The lowest BCUT2D eigenvalue weighted by atomic mass is 10.1. The Kier molecular flexibility index (Phi) is 5.26. The van der Waals surface area contributed by atoms with E-state index in [2.05, 4.69) is 62.3 Å². The molecule has 1 N–H and O–H groups in total. The average molecular weight is 414 g/mol. The van der Waals surface area contributed by atoms with Crippen molar-refractivity contribution in [3.8, 4) is 0 Å². The SMILES string of the molecule is C=C/C=C(\C=C)CN1CCN(c2nc3c4c([nH]nc4n2)CCN3c2ccccc2)CC1. The van der Waals surface area contributed by atoms with E-state index < -0.39 is 0 Å². The number of nitrogens with zero attached hydrogens (tertiary/aromatic N) is 6. The molecule has 0 amide bonds. The molecule has 2 aromatic heterocycles. The number of aromatic nitrogens is 4. The third kappa shape index (κ3) is 3.72. The second-order valence-corrected chi connectivity index (χ2v) is 7.93. The van der Waals surface area contributed by atoms with Crippen LogP contribution in [0.4, 0.5) is 17.5 Å². The van der Waals surface area contributed by atoms with E-state index >= 15 is 0 Å². The molecule has 4 heterocycles. The number of para-hydroxylation sites is 1. The summed E-state index contributed by atoms with van der Waals surface area (Å²) >= 11 is 0. The van der Waals surface area contributed by atoms with E-state index in [1.807, 2.05) is 24.3 Å². The minimum absolute atomic E-state index is 0.751. The molecule has 0 bridgehead atoms. The lowest BCUT2D eigenvalue weighted by molar-refractivity contribution is 0.279. The number of rotatable bonds is 6. The van der Waals surface area contributed by atoms with Crippen LogP contribution < -0.4 is 9.80 Å². The summed E-state index contributed by atoms with van der Waals surface area (Å²) in [4.78, 5) is 16.8. The molecule has 5 rings (SSSR count). The summed E-state index contributed by atoms with van der Waals surface area (Å²) < 4.78 is 0. The molecular formula is C24H27N7. The third-order valence-electron chi connectivity index (χ3n) is 6.02. The van der Waals surface area contributed by atoms with Crippen molar-refractivity contribution in [2.45, 2.75) is 6.42 Å². The van der Waals surface area contributed by atoms with Gasteiger partial charge in [0.25, 0.3) is 0 Å². The second-order valence-electron chi connectivity index (χ2n) is 7.93. The Morgan fingerprint density at radius 2 is 1.84 bits per heavy atom. The van der Waals surface area contributed by atoms with E-state index in [-0.39, 0.29) is 0 Å². The molecule has 158 valence electrons. The number of anilines is 3. The van der Waals surface area contributed by atoms with Gasteiger partial charge in [0, 0.05) is 51.4 Å². The van der Waals surface area contributed by atoms with Gasteiger partial charge in [0.2, 0.25) is 5.95 Å². The normalized spacial score (nSPS) is 17.2. The zero-order chi connectivity index (χ0) is 21.2. The van der Waals surface area contributed by atoms with Crippen molar-refractivity contribution in [2.24, 2.45) is 0 Å². The first-order chi connectivity index (χ1) is 15.3. The number of allylic oxidation sites excluding steroid dienone is 2. The third-order valence-corrected chi connectivity index (χ3v) is 6.02. The molecule has 2 aliphatic rings. The molecule has 7 heteroatoms. The lowest BCUT2D eigenvalue weighted by Crippen LogP contribution is -2.47. The monoisotopic (exact) mass is 413 g/mol. The van der Waals surface area contributed by atoms with Crippen molar-refractivity contribution < 1.29 is 0 Å². The van der Waals surface area contributed by atoms with Crippen LogP contribution in [-0.4, -0.2) is 64.3 Å². The molecule has 0 spiro atoms. The Balaban J connectivity index is 1.41. The van der Waals surface area contributed by atoms with Gasteiger partial charge in [-0.3, -0.25) is 10.00 Å². The first kappa shape index (κ1) is 19.5. The maximum absolute atomic E-state index is 5.04. The zero-order valence-corrected chi connectivity index (χ0v) is 17.7. The van der Waals surface area contributed by atoms with Gasteiger partial charge in [0.15, 0.2) is 5.65 Å². The maximum atomic E-state index is 5.04. The van der Waals surface area contributed by atoms with E-state index in [0.717, 1.165) is 79.9 Å². The average Bonchev–Trinajstić information content (AvgIpc) is 3.24. The van der Waals surface area contributed by atoms with Crippen molar-refractivity contribution in [1.29, 1.82) is 0 Å². The van der Waals surface area contributed by atoms with Crippen LogP contribution in [0, 0.1) is 0 Å². The van der Waals surface area contributed by atoms with Crippen LogP contribution in [0.2, 0.25) is 0 Å². The second kappa shape index (κ2) is 8.35. The molecule has 31 heavy (non-hydrogen) atoms. The van der Waals surface area contributed by atoms with Crippen molar-refractivity contribution in [1.82, 2.24) is 25.1 Å². The Labute approximate surface area is 182 Å². The summed E-state index contributed by atoms with van der Waals surface area (Å²) in [5, 5.41) is 8.71. The lowest BCUT2D eigenvalue weighted by Gasteiger charge is -2.35. The largest absolute Gasteiger partial charge is 0.338 e. The van der Waals surface area contributed by atoms with Crippen molar-refractivity contribution in [3.05, 3.63) is 73.0 Å². The van der Waals surface area contributed by atoms with E-state index in [1.165, 1.54) is 5.57 Å². The molecule has 0 unspecified atom stereocenters. The van der Waals surface area contributed by atoms with Crippen LogP contribution in [0.25, 0.3) is 11.0 Å². The number of nitrogens with one attached hydrogen (secondary N) is 1. The maximum Gasteiger partial charge on any atom is 0.229 e. The van der Waals surface area contributed by atoms with Crippen LogP contribution in [0.1, 0.15) is 5.69 Å². The summed E-state index contributed by atoms with van der Waals surface area (Å²) in [7, 11) is 0. The van der Waals surface area contributed by atoms with Gasteiger partial charge in [0.05, 0.1) is 11.1 Å². The van der Waals surface area contributed by atoms with Crippen LogP contribution in [0.15, 0.2) is 67.3 Å². The van der Waals surface area contributed by atoms with Gasteiger partial charge in [-0.1, -0.05) is 49.6 Å². The molecule has 0 atom stereocenters. The molecule has 0 aliphatic carbocycles. The summed E-state index contributed by atoms with van der Waals surface area (Å²) in [6.07, 6.45) is 6.65. The smallest absolute Gasteiger partial charge is 0.229 e. The quantitative estimate of drug-likeness (QED) is 0.625. The number of benzene rings is 1. The van der Waals surface area contributed by atoms with Gasteiger partial charge in [-0.05, 0) is 17.7 Å². The topological polar surface area (TPSA) is 64.2 Å². The minimum Gasteiger partial charge on any atom is -0.338 e. The van der Waals surface area contributed by atoms with Gasteiger partial charge in [-0.15, -0.1) is 0 Å². The first-order valence-corrected chi connectivity index (χ1v) is 10.8. The highest BCUT2D eigenvalue weighted by Crippen LogP contribution is 2.36. The van der Waals surface area contributed by atoms with Crippen LogP contribution >= 0.6 is 0 Å². The van der Waals surface area contributed by atoms with Gasteiger partial charge in [-0.2, -0.15) is 15.1 Å². The van der Waals surface area contributed by atoms with Gasteiger partial charge in [0.1, 0.15) is 5.82 Å². The Hall–Kier alpha value is -3.45. The standard InChI is InChI=1S/C24H27N7/c1-3-8-18(4-2)17-29-13-15-30(16-14-29)24-25-22-21-20(27-28-22)11-12-31(23(21)26-24)19-9-6-5-7-10-19/h3-10H,1-2,11-17H2,(H,25,26,27,28)/b18-8+. The highest BCUT2D eigenvalue weighted by Gasteiger charge is 2.28. The number of aromatic amines is 1. The summed E-state index contributed by atoms with van der Waals surface area (Å²) in [6.45, 7) is 13.1. The molecular weight excluding hydrogens is 386 g/mol. The Morgan fingerprint density at radius 3 is 2.58 bits per heavy atom.